The number of nitrogens with zero attached hydrogens (tertiary/aromatic N) is 1. The molecule has 1 amide bonds. The molecular weight excluding hydrogens is 422 g/mol. The normalized spacial score (nSPS) is 10.8. The number of benzene rings is 1. The Morgan fingerprint density at radius 3 is 2.50 bits per heavy atom. The van der Waals surface area contributed by atoms with Crippen molar-refractivity contribution in [3.8, 4) is 0 Å². The first-order valence-corrected chi connectivity index (χ1v) is 8.15. The standard InChI is InChI=1S/C17H27FN4O.HI/c1-4-6-9-21-17(19-5-2)22-11-10-20-16(23)14-8-7-13(3)15(18)12-14;/h7-8,12H,4-6,9-11H2,1-3H3,(H,20,23)(H2,19,21,22);1H. The number of carbonyl (C=O) groups is 1. The summed E-state index contributed by atoms with van der Waals surface area (Å²) >= 11 is 0. The zero-order chi connectivity index (χ0) is 17.1. The molecule has 1 aromatic carbocycles. The fourth-order valence-electron chi connectivity index (χ4n) is 1.88. The minimum Gasteiger partial charge on any atom is -0.357 e. The topological polar surface area (TPSA) is 65.5 Å². The minimum absolute atomic E-state index is 0. The Morgan fingerprint density at radius 1 is 1.17 bits per heavy atom. The maximum atomic E-state index is 13.4. The molecule has 0 aliphatic carbocycles. The largest absolute Gasteiger partial charge is 0.357 e. The van der Waals surface area contributed by atoms with Crippen LogP contribution in [0.2, 0.25) is 0 Å². The minimum atomic E-state index is -0.367. The first-order chi connectivity index (χ1) is 11.1. The van der Waals surface area contributed by atoms with E-state index < -0.39 is 0 Å². The molecule has 0 aromatic heterocycles. The summed E-state index contributed by atoms with van der Waals surface area (Å²) in [6, 6.07) is 4.48. The van der Waals surface area contributed by atoms with Crippen LogP contribution in [-0.4, -0.2) is 38.0 Å². The third-order valence-corrected chi connectivity index (χ3v) is 3.26. The molecule has 0 atom stereocenters. The van der Waals surface area contributed by atoms with Gasteiger partial charge in [-0.3, -0.25) is 9.79 Å². The molecule has 0 saturated heterocycles. The maximum Gasteiger partial charge on any atom is 0.251 e. The number of unbranched alkanes of at least 4 members (excludes halogenated alkanes) is 1. The zero-order valence-corrected chi connectivity index (χ0v) is 16.9. The van der Waals surface area contributed by atoms with Gasteiger partial charge < -0.3 is 16.0 Å². The van der Waals surface area contributed by atoms with Gasteiger partial charge in [0.25, 0.3) is 5.91 Å². The second-order valence-electron chi connectivity index (χ2n) is 5.26. The molecule has 7 heteroatoms. The van der Waals surface area contributed by atoms with Crippen LogP contribution in [0.3, 0.4) is 0 Å². The quantitative estimate of drug-likeness (QED) is 0.247. The van der Waals surface area contributed by atoms with Gasteiger partial charge in [-0.1, -0.05) is 19.4 Å². The summed E-state index contributed by atoms with van der Waals surface area (Å²) in [6.07, 6.45) is 2.15. The molecule has 1 rings (SSSR count). The number of aliphatic imine (C=N–C) groups is 1. The van der Waals surface area contributed by atoms with Gasteiger partial charge in [-0.25, -0.2) is 4.39 Å². The summed E-state index contributed by atoms with van der Waals surface area (Å²) < 4.78 is 13.4. The van der Waals surface area contributed by atoms with Crippen molar-refractivity contribution in [2.24, 2.45) is 4.99 Å². The van der Waals surface area contributed by atoms with Gasteiger partial charge in [0.2, 0.25) is 0 Å². The molecule has 5 nitrogen and oxygen atoms in total. The molecule has 0 spiro atoms. The molecule has 136 valence electrons. The SMILES string of the molecule is CCCCN=C(NCC)NCCNC(=O)c1ccc(C)c(F)c1.I. The van der Waals surface area contributed by atoms with E-state index in [-0.39, 0.29) is 35.7 Å². The molecule has 3 N–H and O–H groups in total. The van der Waals surface area contributed by atoms with Crippen LogP contribution in [0, 0.1) is 12.7 Å². The Labute approximate surface area is 160 Å². The van der Waals surface area contributed by atoms with Crippen molar-refractivity contribution in [1.82, 2.24) is 16.0 Å². The molecule has 0 unspecified atom stereocenters. The summed E-state index contributed by atoms with van der Waals surface area (Å²) in [7, 11) is 0. The van der Waals surface area contributed by atoms with Gasteiger partial charge in [-0.05, 0) is 38.0 Å². The van der Waals surface area contributed by atoms with Gasteiger partial charge in [-0.15, -0.1) is 24.0 Å². The van der Waals surface area contributed by atoms with Crippen molar-refractivity contribution < 1.29 is 9.18 Å². The lowest BCUT2D eigenvalue weighted by molar-refractivity contribution is 0.0954. The summed E-state index contributed by atoms with van der Waals surface area (Å²) in [6.45, 7) is 8.35. The number of halogens is 2. The predicted molar refractivity (Wildman–Crippen MR) is 108 cm³/mol. The highest BCUT2D eigenvalue weighted by Gasteiger charge is 2.07. The first-order valence-electron chi connectivity index (χ1n) is 8.15. The van der Waals surface area contributed by atoms with Gasteiger partial charge in [0.05, 0.1) is 0 Å². The van der Waals surface area contributed by atoms with E-state index in [0.717, 1.165) is 31.9 Å². The Bertz CT molecular complexity index is 537. The monoisotopic (exact) mass is 450 g/mol. The molecule has 0 heterocycles. The van der Waals surface area contributed by atoms with Crippen LogP contribution in [0.25, 0.3) is 0 Å². The molecule has 0 aliphatic heterocycles. The van der Waals surface area contributed by atoms with Crippen LogP contribution in [0.1, 0.15) is 42.6 Å². The third-order valence-electron chi connectivity index (χ3n) is 3.26. The Kier molecular flexibility index (Phi) is 12.2. The smallest absolute Gasteiger partial charge is 0.251 e. The van der Waals surface area contributed by atoms with Crippen LogP contribution in [0.15, 0.2) is 23.2 Å². The first kappa shape index (κ1) is 22.6. The average molecular weight is 450 g/mol. The number of guanidine groups is 1. The van der Waals surface area contributed by atoms with E-state index in [1.807, 2.05) is 6.92 Å². The molecule has 24 heavy (non-hydrogen) atoms. The highest BCUT2D eigenvalue weighted by Crippen LogP contribution is 2.08. The van der Waals surface area contributed by atoms with Crippen molar-refractivity contribution in [3.63, 3.8) is 0 Å². The third kappa shape index (κ3) is 8.47. The summed E-state index contributed by atoms with van der Waals surface area (Å²) in [5.74, 6) is 0.100. The Morgan fingerprint density at radius 2 is 1.88 bits per heavy atom. The van der Waals surface area contributed by atoms with Crippen LogP contribution < -0.4 is 16.0 Å². The van der Waals surface area contributed by atoms with E-state index in [0.29, 0.717) is 24.2 Å². The van der Waals surface area contributed by atoms with Gasteiger partial charge in [0.15, 0.2) is 5.96 Å². The molecule has 0 fully saturated rings. The summed E-state index contributed by atoms with van der Waals surface area (Å²) in [4.78, 5) is 16.4. The number of amides is 1. The van der Waals surface area contributed by atoms with Crippen molar-refractivity contribution in [3.05, 3.63) is 35.1 Å². The lowest BCUT2D eigenvalue weighted by Crippen LogP contribution is -2.41. The molecule has 0 saturated carbocycles. The fraction of sp³-hybridized carbons (Fsp3) is 0.529. The number of aryl methyl sites for hydroxylation is 1. The van der Waals surface area contributed by atoms with Gasteiger partial charge in [0.1, 0.15) is 5.82 Å². The molecule has 1 aromatic rings. The van der Waals surface area contributed by atoms with Crippen LogP contribution in [-0.2, 0) is 0 Å². The molecule has 0 radical (unpaired) electrons. The lowest BCUT2D eigenvalue weighted by Gasteiger charge is -2.12. The van der Waals surface area contributed by atoms with E-state index in [2.05, 4.69) is 27.9 Å². The number of hydrogen-bond acceptors (Lipinski definition) is 2. The summed E-state index contributed by atoms with van der Waals surface area (Å²) in [5.41, 5.74) is 0.860. The summed E-state index contributed by atoms with van der Waals surface area (Å²) in [5, 5.41) is 9.07. The van der Waals surface area contributed by atoms with Crippen molar-refractivity contribution in [1.29, 1.82) is 0 Å². The van der Waals surface area contributed by atoms with Crippen LogP contribution >= 0.6 is 24.0 Å². The van der Waals surface area contributed by atoms with Crippen molar-refractivity contribution >= 4 is 35.8 Å². The second kappa shape index (κ2) is 13.0. The van der Waals surface area contributed by atoms with E-state index in [4.69, 9.17) is 0 Å². The fourth-order valence-corrected chi connectivity index (χ4v) is 1.88. The van der Waals surface area contributed by atoms with Gasteiger partial charge in [0, 0.05) is 31.7 Å². The highest BCUT2D eigenvalue weighted by molar-refractivity contribution is 14.0. The average Bonchev–Trinajstić information content (AvgIpc) is 2.54. The molecular formula is C17H28FIN4O. The Hall–Kier alpha value is -1.38. The second-order valence-corrected chi connectivity index (χ2v) is 5.26. The van der Waals surface area contributed by atoms with E-state index >= 15 is 0 Å². The highest BCUT2D eigenvalue weighted by atomic mass is 127. The number of carbonyl (C=O) groups excluding carboxylic acids is 1. The predicted octanol–water partition coefficient (Wildman–Crippen LogP) is 2.84. The lowest BCUT2D eigenvalue weighted by atomic mass is 10.1. The van der Waals surface area contributed by atoms with E-state index in [9.17, 15) is 9.18 Å². The number of rotatable bonds is 8. The molecule has 0 aliphatic rings. The van der Waals surface area contributed by atoms with E-state index in [1.165, 1.54) is 6.07 Å². The maximum absolute atomic E-state index is 13.4. The van der Waals surface area contributed by atoms with E-state index in [1.54, 1.807) is 19.1 Å². The number of nitrogens with one attached hydrogen (secondary N) is 3. The van der Waals surface area contributed by atoms with Crippen molar-refractivity contribution in [2.75, 3.05) is 26.2 Å². The van der Waals surface area contributed by atoms with Crippen molar-refractivity contribution in [2.45, 2.75) is 33.6 Å². The van der Waals surface area contributed by atoms with Gasteiger partial charge >= 0.3 is 0 Å². The zero-order valence-electron chi connectivity index (χ0n) is 14.6. The number of hydrogen-bond donors (Lipinski definition) is 3. The van der Waals surface area contributed by atoms with Gasteiger partial charge in [-0.2, -0.15) is 0 Å². The van der Waals surface area contributed by atoms with Crippen LogP contribution in [0.4, 0.5) is 4.39 Å². The van der Waals surface area contributed by atoms with Crippen LogP contribution in [0.5, 0.6) is 0 Å². The Balaban J connectivity index is 0.00000529. The molecule has 0 bridgehead atoms.